The summed E-state index contributed by atoms with van der Waals surface area (Å²) in [5, 5.41) is 0.667. The Morgan fingerprint density at radius 2 is 2.06 bits per heavy atom. The molecule has 1 aromatic rings. The molecule has 0 fully saturated rings. The van der Waals surface area contributed by atoms with Crippen LogP contribution in [-0.2, 0) is 16.1 Å². The summed E-state index contributed by atoms with van der Waals surface area (Å²) in [6, 6.07) is 9.56. The van der Waals surface area contributed by atoms with E-state index in [0.29, 0.717) is 5.33 Å². The maximum Gasteiger partial charge on any atom is 0.326 e. The van der Waals surface area contributed by atoms with E-state index in [9.17, 15) is 4.79 Å². The first kappa shape index (κ1) is 14.2. The molecule has 1 unspecified atom stereocenters. The van der Waals surface area contributed by atoms with Crippen LogP contribution in [0, 0.1) is 5.92 Å². The van der Waals surface area contributed by atoms with Crippen LogP contribution in [0.25, 0.3) is 0 Å². The standard InChI is InChI=1S/C13H18BrNO2/c1-10(8-14)13(2,15)12(16)17-9-11-6-4-3-5-7-11/h3-7,10H,8-9,15H2,1-2H3/t10?,13-/m0/s1. The lowest BCUT2D eigenvalue weighted by atomic mass is 9.90. The minimum absolute atomic E-state index is 0.0192. The van der Waals surface area contributed by atoms with Crippen LogP contribution in [0.4, 0.5) is 0 Å². The molecule has 1 aromatic carbocycles. The van der Waals surface area contributed by atoms with Crippen LogP contribution in [0.1, 0.15) is 19.4 Å². The van der Waals surface area contributed by atoms with Crippen molar-refractivity contribution >= 4 is 21.9 Å². The van der Waals surface area contributed by atoms with Crippen LogP contribution < -0.4 is 5.73 Å². The first-order valence-corrected chi connectivity index (χ1v) is 6.66. The molecule has 4 heteroatoms. The number of benzene rings is 1. The normalized spacial score (nSPS) is 16.0. The number of nitrogens with two attached hydrogens (primary N) is 1. The number of halogens is 1. The summed E-state index contributed by atoms with van der Waals surface area (Å²) in [6.07, 6.45) is 0. The van der Waals surface area contributed by atoms with Gasteiger partial charge in [-0.2, -0.15) is 0 Å². The van der Waals surface area contributed by atoms with Crippen molar-refractivity contribution < 1.29 is 9.53 Å². The van der Waals surface area contributed by atoms with Crippen LogP contribution in [0.2, 0.25) is 0 Å². The van der Waals surface area contributed by atoms with E-state index in [0.717, 1.165) is 5.56 Å². The third kappa shape index (κ3) is 3.82. The second-order valence-electron chi connectivity index (χ2n) is 4.40. The summed E-state index contributed by atoms with van der Waals surface area (Å²) in [4.78, 5) is 11.9. The molecule has 0 radical (unpaired) electrons. The van der Waals surface area contributed by atoms with Crippen LogP contribution in [0.5, 0.6) is 0 Å². The quantitative estimate of drug-likeness (QED) is 0.671. The lowest BCUT2D eigenvalue weighted by Crippen LogP contribution is -2.52. The molecule has 2 N–H and O–H groups in total. The molecular weight excluding hydrogens is 282 g/mol. The fourth-order valence-electron chi connectivity index (χ4n) is 1.24. The molecule has 2 atom stereocenters. The van der Waals surface area contributed by atoms with Gasteiger partial charge < -0.3 is 10.5 Å². The average molecular weight is 300 g/mol. The van der Waals surface area contributed by atoms with E-state index in [2.05, 4.69) is 15.9 Å². The van der Waals surface area contributed by atoms with Crippen LogP contribution >= 0.6 is 15.9 Å². The van der Waals surface area contributed by atoms with Crippen molar-refractivity contribution in [2.45, 2.75) is 26.0 Å². The van der Waals surface area contributed by atoms with E-state index in [1.807, 2.05) is 37.3 Å². The Bertz CT molecular complexity index is 365. The van der Waals surface area contributed by atoms with Crippen molar-refractivity contribution in [1.29, 1.82) is 0 Å². The van der Waals surface area contributed by atoms with Gasteiger partial charge in [0.1, 0.15) is 12.1 Å². The molecule has 1 rings (SSSR count). The minimum atomic E-state index is -0.960. The molecule has 0 aromatic heterocycles. The van der Waals surface area contributed by atoms with Crippen LogP contribution in [-0.4, -0.2) is 16.8 Å². The van der Waals surface area contributed by atoms with Crippen molar-refractivity contribution in [1.82, 2.24) is 0 Å². The van der Waals surface area contributed by atoms with Crippen molar-refractivity contribution in [2.24, 2.45) is 11.7 Å². The van der Waals surface area contributed by atoms with Crippen molar-refractivity contribution in [2.75, 3.05) is 5.33 Å². The second-order valence-corrected chi connectivity index (χ2v) is 5.05. The van der Waals surface area contributed by atoms with E-state index in [1.54, 1.807) is 6.92 Å². The lowest BCUT2D eigenvalue weighted by molar-refractivity contribution is -0.152. The number of carbonyl (C=O) groups excluding carboxylic acids is 1. The molecule has 0 amide bonds. The van der Waals surface area contributed by atoms with Gasteiger partial charge in [0.05, 0.1) is 0 Å². The fraction of sp³-hybridized carbons (Fsp3) is 0.462. The van der Waals surface area contributed by atoms with Crippen molar-refractivity contribution in [3.8, 4) is 0 Å². The molecule has 0 saturated carbocycles. The minimum Gasteiger partial charge on any atom is -0.459 e. The summed E-state index contributed by atoms with van der Waals surface area (Å²) in [6.45, 7) is 3.88. The Balaban J connectivity index is 2.55. The molecule has 3 nitrogen and oxygen atoms in total. The molecule has 0 aliphatic heterocycles. The number of carbonyl (C=O) groups is 1. The summed E-state index contributed by atoms with van der Waals surface area (Å²) in [5.74, 6) is -0.348. The zero-order chi connectivity index (χ0) is 12.9. The third-order valence-electron chi connectivity index (χ3n) is 2.91. The maximum absolute atomic E-state index is 11.9. The lowest BCUT2D eigenvalue weighted by Gasteiger charge is -2.27. The van der Waals surface area contributed by atoms with Gasteiger partial charge >= 0.3 is 5.97 Å². The number of rotatable bonds is 5. The van der Waals surface area contributed by atoms with Crippen LogP contribution in [0.15, 0.2) is 30.3 Å². The first-order valence-electron chi connectivity index (χ1n) is 5.54. The molecule has 17 heavy (non-hydrogen) atoms. The number of hydrogen-bond acceptors (Lipinski definition) is 3. The van der Waals surface area contributed by atoms with E-state index < -0.39 is 5.54 Å². The summed E-state index contributed by atoms with van der Waals surface area (Å²) in [5.41, 5.74) is 5.98. The largest absolute Gasteiger partial charge is 0.459 e. The highest BCUT2D eigenvalue weighted by Crippen LogP contribution is 2.18. The molecule has 94 valence electrons. The summed E-state index contributed by atoms with van der Waals surface area (Å²) < 4.78 is 5.23. The number of esters is 1. The third-order valence-corrected chi connectivity index (χ3v) is 3.88. The zero-order valence-electron chi connectivity index (χ0n) is 10.2. The van der Waals surface area contributed by atoms with Crippen molar-refractivity contribution in [3.63, 3.8) is 0 Å². The number of alkyl halides is 1. The van der Waals surface area contributed by atoms with Gasteiger partial charge in [0.2, 0.25) is 0 Å². The molecule has 0 aliphatic rings. The molecule has 0 spiro atoms. The van der Waals surface area contributed by atoms with Gasteiger partial charge in [0.25, 0.3) is 0 Å². The Labute approximate surface area is 110 Å². The van der Waals surface area contributed by atoms with Gasteiger partial charge in [-0.15, -0.1) is 0 Å². The summed E-state index contributed by atoms with van der Waals surface area (Å²) in [7, 11) is 0. The predicted molar refractivity (Wildman–Crippen MR) is 71.8 cm³/mol. The van der Waals surface area contributed by atoms with Gasteiger partial charge in [-0.3, -0.25) is 4.79 Å². The second kappa shape index (κ2) is 6.17. The molecule has 0 heterocycles. The van der Waals surface area contributed by atoms with Crippen LogP contribution in [0.3, 0.4) is 0 Å². The molecular formula is C13H18BrNO2. The number of hydrogen-bond donors (Lipinski definition) is 1. The Morgan fingerprint density at radius 1 is 1.47 bits per heavy atom. The highest BCUT2D eigenvalue weighted by Gasteiger charge is 2.35. The Kier molecular flexibility index (Phi) is 5.15. The summed E-state index contributed by atoms with van der Waals surface area (Å²) >= 11 is 3.33. The van der Waals surface area contributed by atoms with Gasteiger partial charge in [-0.05, 0) is 18.4 Å². The average Bonchev–Trinajstić information content (AvgIpc) is 2.35. The Morgan fingerprint density at radius 3 is 2.59 bits per heavy atom. The first-order chi connectivity index (χ1) is 7.98. The topological polar surface area (TPSA) is 52.3 Å². The molecule has 0 saturated heterocycles. The van der Waals surface area contributed by atoms with Gasteiger partial charge in [0.15, 0.2) is 0 Å². The van der Waals surface area contributed by atoms with Gasteiger partial charge in [-0.1, -0.05) is 53.2 Å². The van der Waals surface area contributed by atoms with E-state index in [-0.39, 0.29) is 18.5 Å². The van der Waals surface area contributed by atoms with Gasteiger partial charge in [-0.25, -0.2) is 0 Å². The molecule has 0 aliphatic carbocycles. The smallest absolute Gasteiger partial charge is 0.326 e. The SMILES string of the molecule is CC(CBr)[C@](C)(N)C(=O)OCc1ccccc1. The van der Waals surface area contributed by atoms with Gasteiger partial charge in [0, 0.05) is 5.33 Å². The van der Waals surface area contributed by atoms with E-state index >= 15 is 0 Å². The van der Waals surface area contributed by atoms with Crippen molar-refractivity contribution in [3.05, 3.63) is 35.9 Å². The highest BCUT2D eigenvalue weighted by atomic mass is 79.9. The van der Waals surface area contributed by atoms with E-state index in [4.69, 9.17) is 10.5 Å². The monoisotopic (exact) mass is 299 g/mol. The predicted octanol–water partition coefficient (Wildman–Crippen LogP) is 2.48. The molecule has 0 bridgehead atoms. The number of ether oxygens (including phenoxy) is 1. The Hall–Kier alpha value is -0.870. The fourth-order valence-corrected chi connectivity index (χ4v) is 1.91. The zero-order valence-corrected chi connectivity index (χ0v) is 11.7. The highest BCUT2D eigenvalue weighted by molar-refractivity contribution is 9.09. The maximum atomic E-state index is 11.9. The van der Waals surface area contributed by atoms with E-state index in [1.165, 1.54) is 0 Å².